The van der Waals surface area contributed by atoms with Crippen molar-refractivity contribution in [2.45, 2.75) is 58.6 Å². The van der Waals surface area contributed by atoms with Crippen molar-refractivity contribution in [2.75, 3.05) is 19.8 Å². The van der Waals surface area contributed by atoms with Crippen molar-refractivity contribution >= 4 is 24.9 Å². The van der Waals surface area contributed by atoms with E-state index in [1.54, 1.807) is 10.8 Å². The molecule has 45 heavy (non-hydrogen) atoms. The predicted molar refractivity (Wildman–Crippen MR) is 167 cm³/mol. The van der Waals surface area contributed by atoms with Crippen LogP contribution in [0.3, 0.4) is 0 Å². The molecular formula is C34H36F3N3O4Si. The zero-order valence-electron chi connectivity index (χ0n) is 25.9. The topological polar surface area (TPSA) is 86.4 Å². The third-order valence-corrected chi connectivity index (χ3v) is 9.62. The fourth-order valence-electron chi connectivity index (χ4n) is 5.19. The van der Waals surface area contributed by atoms with E-state index in [0.717, 1.165) is 24.2 Å². The van der Waals surface area contributed by atoms with Gasteiger partial charge in [0, 0.05) is 56.5 Å². The second-order valence-electron chi connectivity index (χ2n) is 13.2. The highest BCUT2D eigenvalue weighted by Crippen LogP contribution is 2.40. The first-order valence-electron chi connectivity index (χ1n) is 14.9. The van der Waals surface area contributed by atoms with Crippen molar-refractivity contribution in [3.05, 3.63) is 77.4 Å². The highest BCUT2D eigenvalue weighted by molar-refractivity contribution is 6.76. The van der Waals surface area contributed by atoms with Crippen LogP contribution in [0, 0.1) is 34.2 Å². The number of carbonyl (C=O) groups excluding carboxylic acids is 1. The highest BCUT2D eigenvalue weighted by atomic mass is 28.3. The maximum atomic E-state index is 15.3. The van der Waals surface area contributed by atoms with Crippen molar-refractivity contribution in [3.63, 3.8) is 0 Å². The number of hydrogen-bond donors (Lipinski definition) is 0. The van der Waals surface area contributed by atoms with Gasteiger partial charge in [-0.1, -0.05) is 32.6 Å². The van der Waals surface area contributed by atoms with Crippen LogP contribution in [-0.4, -0.2) is 43.2 Å². The molecule has 236 valence electrons. The molecule has 2 aromatic heterocycles. The minimum absolute atomic E-state index is 0.0295. The van der Waals surface area contributed by atoms with Crippen LogP contribution in [0.2, 0.25) is 25.7 Å². The van der Waals surface area contributed by atoms with Gasteiger partial charge in [0.2, 0.25) is 0 Å². The molecule has 0 radical (unpaired) electrons. The maximum absolute atomic E-state index is 15.3. The number of nitrogens with zero attached hydrogens (tertiary/aromatic N) is 3. The van der Waals surface area contributed by atoms with Gasteiger partial charge in [-0.05, 0) is 48.4 Å². The first kappa shape index (κ1) is 32.4. The number of fused-ring (bicyclic) bond motifs is 1. The molecule has 0 aliphatic carbocycles. The smallest absolute Gasteiger partial charge is 0.198 e. The molecule has 2 aromatic carbocycles. The molecule has 1 fully saturated rings. The van der Waals surface area contributed by atoms with Gasteiger partial charge >= 0.3 is 0 Å². The molecule has 0 amide bonds. The molecule has 0 N–H and O–H groups in total. The van der Waals surface area contributed by atoms with Gasteiger partial charge < -0.3 is 18.8 Å². The third kappa shape index (κ3) is 7.64. The van der Waals surface area contributed by atoms with Crippen LogP contribution in [0.4, 0.5) is 13.2 Å². The Kier molecular flexibility index (Phi) is 9.48. The Balaban J connectivity index is 1.45. The average Bonchev–Trinajstić information content (AvgIpc) is 3.33. The number of hydrogen-bond acceptors (Lipinski definition) is 6. The molecular weight excluding hydrogens is 599 g/mol. The summed E-state index contributed by atoms with van der Waals surface area (Å²) in [6.45, 7) is 10.6. The van der Waals surface area contributed by atoms with E-state index in [0.29, 0.717) is 49.3 Å². The van der Waals surface area contributed by atoms with E-state index in [2.05, 4.69) is 24.6 Å². The predicted octanol–water partition coefficient (Wildman–Crippen LogP) is 8.03. The summed E-state index contributed by atoms with van der Waals surface area (Å²) in [5.74, 6) is -3.30. The van der Waals surface area contributed by atoms with Crippen LogP contribution < -0.4 is 4.74 Å². The SMILES string of the molecule is CC1(CCC(=O)Cc2cc(F)c(Oc3ccnc4c3c(-c3ccc(C#N)cc3F)cn4COCC[Si](C)(C)C)c(F)c2)COC1. The normalized spacial score (nSPS) is 14.3. The molecule has 0 saturated carbocycles. The molecule has 0 unspecified atom stereocenters. The molecule has 1 aliphatic rings. The number of ketones is 1. The summed E-state index contributed by atoms with van der Waals surface area (Å²) in [7, 11) is -1.34. The van der Waals surface area contributed by atoms with Crippen LogP contribution in [0.1, 0.15) is 30.9 Å². The van der Waals surface area contributed by atoms with Crippen molar-refractivity contribution in [2.24, 2.45) is 5.41 Å². The Hall–Kier alpha value is -3.98. The lowest BCUT2D eigenvalue weighted by Gasteiger charge is -2.37. The van der Waals surface area contributed by atoms with Crippen molar-refractivity contribution < 1.29 is 32.2 Å². The first-order valence-corrected chi connectivity index (χ1v) is 18.6. The van der Waals surface area contributed by atoms with E-state index in [-0.39, 0.29) is 46.8 Å². The third-order valence-electron chi connectivity index (χ3n) is 7.91. The summed E-state index contributed by atoms with van der Waals surface area (Å²) in [6.07, 6.45) is 3.94. The lowest BCUT2D eigenvalue weighted by atomic mass is 9.82. The second-order valence-corrected chi connectivity index (χ2v) is 18.8. The number of nitriles is 1. The number of halogens is 3. The van der Waals surface area contributed by atoms with Gasteiger partial charge in [-0.2, -0.15) is 5.26 Å². The molecule has 3 heterocycles. The Labute approximate surface area is 261 Å². The zero-order chi connectivity index (χ0) is 32.4. The molecule has 0 atom stereocenters. The second kappa shape index (κ2) is 13.2. The molecule has 7 nitrogen and oxygen atoms in total. The molecule has 1 saturated heterocycles. The van der Waals surface area contributed by atoms with Crippen LogP contribution in [-0.2, 0) is 27.4 Å². The van der Waals surface area contributed by atoms with Crippen molar-refractivity contribution in [3.8, 4) is 28.7 Å². The summed E-state index contributed by atoms with van der Waals surface area (Å²) in [5, 5.41) is 9.54. The number of benzene rings is 2. The van der Waals surface area contributed by atoms with Crippen LogP contribution in [0.15, 0.2) is 48.8 Å². The van der Waals surface area contributed by atoms with Gasteiger partial charge in [-0.25, -0.2) is 18.2 Å². The fourth-order valence-corrected chi connectivity index (χ4v) is 5.95. The number of rotatable bonds is 13. The number of ether oxygens (including phenoxy) is 3. The van der Waals surface area contributed by atoms with E-state index in [9.17, 15) is 10.1 Å². The highest BCUT2D eigenvalue weighted by Gasteiger charge is 2.33. The summed E-state index contributed by atoms with van der Waals surface area (Å²) < 4.78 is 64.7. The van der Waals surface area contributed by atoms with E-state index < -0.39 is 31.3 Å². The van der Waals surface area contributed by atoms with E-state index >= 15 is 13.2 Å². The minimum Gasteiger partial charge on any atom is -0.450 e. The molecule has 1 aliphatic heterocycles. The summed E-state index contributed by atoms with van der Waals surface area (Å²) in [6, 6.07) is 10.6. The molecule has 4 aromatic rings. The van der Waals surface area contributed by atoms with E-state index in [1.165, 1.54) is 24.4 Å². The largest absolute Gasteiger partial charge is 0.450 e. The van der Waals surface area contributed by atoms with E-state index in [4.69, 9.17) is 14.2 Å². The quantitative estimate of drug-likeness (QED) is 0.109. The van der Waals surface area contributed by atoms with Gasteiger partial charge in [-0.3, -0.25) is 4.79 Å². The molecule has 5 rings (SSSR count). The lowest BCUT2D eigenvalue weighted by molar-refractivity contribution is -0.125. The molecule has 0 bridgehead atoms. The first-order chi connectivity index (χ1) is 21.4. The number of Topliss-reactive ketones (excluding diaryl/α,β-unsaturated/α-hetero) is 1. The van der Waals surface area contributed by atoms with Gasteiger partial charge in [0.1, 0.15) is 29.7 Å². The Bertz CT molecular complexity index is 1750. The van der Waals surface area contributed by atoms with Gasteiger partial charge in [0.15, 0.2) is 17.4 Å². The number of pyridine rings is 1. The van der Waals surface area contributed by atoms with E-state index in [1.807, 2.05) is 13.0 Å². The number of carbonyl (C=O) groups is 1. The van der Waals surface area contributed by atoms with Crippen molar-refractivity contribution in [1.29, 1.82) is 5.26 Å². The summed E-state index contributed by atoms with van der Waals surface area (Å²) in [5.41, 5.74) is 1.22. The number of aromatic nitrogens is 2. The molecule has 0 spiro atoms. The Morgan fingerprint density at radius 2 is 1.82 bits per heavy atom. The van der Waals surface area contributed by atoms with Crippen LogP contribution in [0.5, 0.6) is 11.5 Å². The van der Waals surface area contributed by atoms with Gasteiger partial charge in [0.05, 0.1) is 30.2 Å². The van der Waals surface area contributed by atoms with Gasteiger partial charge in [0.25, 0.3) is 0 Å². The summed E-state index contributed by atoms with van der Waals surface area (Å²) in [4.78, 5) is 17.0. The monoisotopic (exact) mass is 635 g/mol. The van der Waals surface area contributed by atoms with Crippen LogP contribution in [0.25, 0.3) is 22.2 Å². The average molecular weight is 636 g/mol. The Morgan fingerprint density at radius 1 is 1.09 bits per heavy atom. The standard InChI is InChI=1S/C34H36F3N3O4Si/c1-34(19-43-20-34)9-7-24(41)13-23-15-28(36)32(29(37)16-23)44-30-8-10-39-33-31(30)26(25-6-5-22(17-38)14-27(25)35)18-40(33)21-42-11-12-45(2,3)4/h5-6,8,10,14-16,18H,7,9,11-13,19-21H2,1-4H3. The molecule has 11 heteroatoms. The fraction of sp³-hybridized carbons (Fsp3) is 0.382. The minimum atomic E-state index is -1.34. The lowest BCUT2D eigenvalue weighted by Crippen LogP contribution is -2.40. The van der Waals surface area contributed by atoms with Gasteiger partial charge in [-0.15, -0.1) is 0 Å². The summed E-state index contributed by atoms with van der Waals surface area (Å²) >= 11 is 0. The zero-order valence-corrected chi connectivity index (χ0v) is 26.9. The maximum Gasteiger partial charge on any atom is 0.198 e. The van der Waals surface area contributed by atoms with Crippen molar-refractivity contribution in [1.82, 2.24) is 9.55 Å². The van der Waals surface area contributed by atoms with Crippen LogP contribution >= 0.6 is 0 Å². The Morgan fingerprint density at radius 3 is 2.44 bits per heavy atom.